The standard InChI is InChI=1S/C15H18F3N3O3S/c16-10-6-12(18)11(17)4-8(10)3-9(24-15(19)23)5-14(22)21-2-1-20-13(25)7-21/h4,6,9,13,20,25H,1-3,5,7H2,(H2,19,23)/t9-,13?/m1/s1. The van der Waals surface area contributed by atoms with Gasteiger partial charge in [-0.25, -0.2) is 18.0 Å². The Labute approximate surface area is 147 Å². The predicted molar refractivity (Wildman–Crippen MR) is 86.5 cm³/mol. The van der Waals surface area contributed by atoms with Crippen LogP contribution >= 0.6 is 12.6 Å². The maximum Gasteiger partial charge on any atom is 0.404 e. The van der Waals surface area contributed by atoms with Gasteiger partial charge in [-0.2, -0.15) is 12.6 Å². The Morgan fingerprint density at radius 1 is 1.32 bits per heavy atom. The molecule has 1 fully saturated rings. The third-order valence-corrected chi connectivity index (χ3v) is 4.08. The third kappa shape index (κ3) is 5.53. The number of hydrogen-bond donors (Lipinski definition) is 3. The number of carbonyl (C=O) groups excluding carboxylic acids is 2. The van der Waals surface area contributed by atoms with Gasteiger partial charge in [0.2, 0.25) is 5.91 Å². The zero-order valence-corrected chi connectivity index (χ0v) is 14.1. The number of nitrogens with one attached hydrogen (secondary N) is 1. The minimum atomic E-state index is -1.33. The average molecular weight is 377 g/mol. The summed E-state index contributed by atoms with van der Waals surface area (Å²) in [4.78, 5) is 24.9. The van der Waals surface area contributed by atoms with Crippen molar-refractivity contribution < 1.29 is 27.5 Å². The van der Waals surface area contributed by atoms with E-state index < -0.39 is 29.6 Å². The van der Waals surface area contributed by atoms with Crippen molar-refractivity contribution in [3.63, 3.8) is 0 Å². The summed E-state index contributed by atoms with van der Waals surface area (Å²) in [5.74, 6) is -3.90. The predicted octanol–water partition coefficient (Wildman–Crippen LogP) is 1.19. The van der Waals surface area contributed by atoms with Crippen molar-refractivity contribution in [3.8, 4) is 0 Å². The van der Waals surface area contributed by atoms with E-state index in [1.165, 1.54) is 4.90 Å². The Hall–Kier alpha value is -1.94. The van der Waals surface area contributed by atoms with Gasteiger partial charge in [-0.1, -0.05) is 0 Å². The van der Waals surface area contributed by atoms with Gasteiger partial charge >= 0.3 is 6.09 Å². The molecule has 6 nitrogen and oxygen atoms in total. The van der Waals surface area contributed by atoms with E-state index in [1.807, 2.05) is 0 Å². The number of amides is 2. The molecule has 25 heavy (non-hydrogen) atoms. The SMILES string of the molecule is NC(=O)O[C@@H](CC(=O)N1CCNC(S)C1)Cc1cc(F)c(F)cc1F. The molecule has 0 aromatic heterocycles. The number of hydrogen-bond acceptors (Lipinski definition) is 5. The second-order valence-electron chi connectivity index (χ2n) is 5.63. The number of thiol groups is 1. The Balaban J connectivity index is 2.09. The Morgan fingerprint density at radius 3 is 2.64 bits per heavy atom. The average Bonchev–Trinajstić information content (AvgIpc) is 2.52. The fourth-order valence-electron chi connectivity index (χ4n) is 2.57. The molecular weight excluding hydrogens is 359 g/mol. The molecule has 138 valence electrons. The van der Waals surface area contributed by atoms with Crippen molar-refractivity contribution in [3.05, 3.63) is 35.1 Å². The van der Waals surface area contributed by atoms with Crippen LogP contribution in [0.2, 0.25) is 0 Å². The van der Waals surface area contributed by atoms with Gasteiger partial charge in [-0.15, -0.1) is 0 Å². The fraction of sp³-hybridized carbons (Fsp3) is 0.467. The lowest BCUT2D eigenvalue weighted by atomic mass is 10.0. The van der Waals surface area contributed by atoms with E-state index in [1.54, 1.807) is 0 Å². The molecule has 0 bridgehead atoms. The highest BCUT2D eigenvalue weighted by Gasteiger charge is 2.26. The molecule has 1 saturated heterocycles. The Kier molecular flexibility index (Phi) is 6.54. The van der Waals surface area contributed by atoms with Crippen LogP contribution in [0.5, 0.6) is 0 Å². The molecule has 3 N–H and O–H groups in total. The van der Waals surface area contributed by atoms with E-state index in [9.17, 15) is 22.8 Å². The van der Waals surface area contributed by atoms with Crippen LogP contribution in [0.1, 0.15) is 12.0 Å². The van der Waals surface area contributed by atoms with E-state index in [2.05, 4.69) is 17.9 Å². The maximum atomic E-state index is 13.8. The van der Waals surface area contributed by atoms with Crippen molar-refractivity contribution in [2.75, 3.05) is 19.6 Å². The Bertz CT molecular complexity index is 662. The molecule has 2 atom stereocenters. The first-order chi connectivity index (χ1) is 11.8. The molecule has 2 amide bonds. The van der Waals surface area contributed by atoms with E-state index in [0.717, 1.165) is 0 Å². The zero-order valence-electron chi connectivity index (χ0n) is 13.2. The fourth-order valence-corrected chi connectivity index (χ4v) is 2.89. The maximum absolute atomic E-state index is 13.8. The summed E-state index contributed by atoms with van der Waals surface area (Å²) in [6.07, 6.45) is -2.82. The normalized spacial score (nSPS) is 18.7. The first kappa shape index (κ1) is 19.4. The number of nitrogens with two attached hydrogens (primary N) is 1. The van der Waals surface area contributed by atoms with Crippen LogP contribution in [0.15, 0.2) is 12.1 Å². The van der Waals surface area contributed by atoms with Crippen molar-refractivity contribution in [2.45, 2.75) is 24.3 Å². The summed E-state index contributed by atoms with van der Waals surface area (Å²) in [5, 5.41) is 2.87. The van der Waals surface area contributed by atoms with E-state index in [4.69, 9.17) is 10.5 Å². The molecule has 0 radical (unpaired) electrons. The number of primary amides is 1. The number of halogens is 3. The molecule has 0 saturated carbocycles. The van der Waals surface area contributed by atoms with Gasteiger partial charge in [-0.3, -0.25) is 4.79 Å². The second kappa shape index (κ2) is 8.43. The van der Waals surface area contributed by atoms with Crippen LogP contribution in [-0.4, -0.2) is 48.0 Å². The molecule has 1 aliphatic heterocycles. The van der Waals surface area contributed by atoms with Gasteiger partial charge in [0, 0.05) is 32.1 Å². The van der Waals surface area contributed by atoms with Gasteiger partial charge in [0.1, 0.15) is 11.9 Å². The smallest absolute Gasteiger partial charge is 0.404 e. The minimum Gasteiger partial charge on any atom is -0.445 e. The summed E-state index contributed by atoms with van der Waals surface area (Å²) < 4.78 is 44.9. The lowest BCUT2D eigenvalue weighted by molar-refractivity contribution is -0.133. The number of rotatable bonds is 5. The highest BCUT2D eigenvalue weighted by Crippen LogP contribution is 2.18. The Morgan fingerprint density at radius 2 is 2.00 bits per heavy atom. The molecule has 1 aromatic carbocycles. The number of piperazine rings is 1. The van der Waals surface area contributed by atoms with E-state index >= 15 is 0 Å². The highest BCUT2D eigenvalue weighted by molar-refractivity contribution is 7.80. The summed E-state index contributed by atoms with van der Waals surface area (Å²) in [5.41, 5.74) is 4.76. The van der Waals surface area contributed by atoms with Crippen molar-refractivity contribution in [2.24, 2.45) is 5.73 Å². The van der Waals surface area contributed by atoms with E-state index in [0.29, 0.717) is 31.8 Å². The highest BCUT2D eigenvalue weighted by atomic mass is 32.1. The van der Waals surface area contributed by atoms with Crippen molar-refractivity contribution in [1.29, 1.82) is 0 Å². The van der Waals surface area contributed by atoms with Crippen molar-refractivity contribution in [1.82, 2.24) is 10.2 Å². The first-order valence-electron chi connectivity index (χ1n) is 7.55. The molecule has 10 heteroatoms. The van der Waals surface area contributed by atoms with Crippen LogP contribution < -0.4 is 11.1 Å². The lowest BCUT2D eigenvalue weighted by Crippen LogP contribution is -2.51. The minimum absolute atomic E-state index is 0.183. The van der Waals surface area contributed by atoms with Gasteiger partial charge < -0.3 is 20.7 Å². The molecular formula is C15H18F3N3O3S. The molecule has 1 heterocycles. The molecule has 1 unspecified atom stereocenters. The van der Waals surface area contributed by atoms with Crippen LogP contribution in [0.25, 0.3) is 0 Å². The molecule has 0 spiro atoms. The largest absolute Gasteiger partial charge is 0.445 e. The molecule has 1 aliphatic rings. The molecule has 1 aromatic rings. The van der Waals surface area contributed by atoms with Gasteiger partial charge in [0.15, 0.2) is 11.6 Å². The number of ether oxygens (including phenoxy) is 1. The summed E-state index contributed by atoms with van der Waals surface area (Å²) in [7, 11) is 0. The van der Waals surface area contributed by atoms with Gasteiger partial charge in [-0.05, 0) is 11.6 Å². The van der Waals surface area contributed by atoms with Crippen LogP contribution in [-0.2, 0) is 16.0 Å². The van der Waals surface area contributed by atoms with Crippen LogP contribution in [0.4, 0.5) is 18.0 Å². The monoisotopic (exact) mass is 377 g/mol. The van der Waals surface area contributed by atoms with Crippen LogP contribution in [0.3, 0.4) is 0 Å². The van der Waals surface area contributed by atoms with Crippen molar-refractivity contribution >= 4 is 24.6 Å². The van der Waals surface area contributed by atoms with E-state index in [-0.39, 0.29) is 29.7 Å². The number of benzene rings is 1. The second-order valence-corrected chi connectivity index (χ2v) is 6.26. The molecule has 0 aliphatic carbocycles. The first-order valence-corrected chi connectivity index (χ1v) is 8.06. The third-order valence-electron chi connectivity index (χ3n) is 3.73. The van der Waals surface area contributed by atoms with Crippen LogP contribution in [0, 0.1) is 17.5 Å². The van der Waals surface area contributed by atoms with Gasteiger partial charge in [0.05, 0.1) is 11.8 Å². The topological polar surface area (TPSA) is 84.7 Å². The summed E-state index contributed by atoms with van der Waals surface area (Å²) in [6.45, 7) is 1.35. The summed E-state index contributed by atoms with van der Waals surface area (Å²) in [6, 6.07) is 1.07. The summed E-state index contributed by atoms with van der Waals surface area (Å²) >= 11 is 4.24. The molecule has 2 rings (SSSR count). The lowest BCUT2D eigenvalue weighted by Gasteiger charge is -2.32. The number of carbonyl (C=O) groups is 2. The van der Waals surface area contributed by atoms with Gasteiger partial charge in [0.25, 0.3) is 0 Å². The quantitative estimate of drug-likeness (QED) is 0.532. The number of nitrogens with zero attached hydrogens (tertiary/aromatic N) is 1. The zero-order chi connectivity index (χ0) is 18.6.